The third kappa shape index (κ3) is 3.32. The molecule has 0 unspecified atom stereocenters. The van der Waals surface area contributed by atoms with Gasteiger partial charge in [0, 0.05) is 11.1 Å². The predicted molar refractivity (Wildman–Crippen MR) is 109 cm³/mol. The number of hydrogen-bond donors (Lipinski definition) is 4. The van der Waals surface area contributed by atoms with E-state index in [0.29, 0.717) is 0 Å². The molecule has 4 atom stereocenters. The Bertz CT molecular complexity index is 1160. The smallest absolute Gasteiger partial charge is 0.342 e. The summed E-state index contributed by atoms with van der Waals surface area (Å²) in [5.41, 5.74) is -0.352. The minimum Gasteiger partial charge on any atom is -0.504 e. The van der Waals surface area contributed by atoms with Crippen LogP contribution in [-0.4, -0.2) is 58.8 Å². The summed E-state index contributed by atoms with van der Waals surface area (Å²) < 4.78 is 26.6. The number of carbonyl (C=O) groups excluding carboxylic acids is 2. The monoisotopic (exact) mass is 462 g/mol. The van der Waals surface area contributed by atoms with E-state index in [1.807, 2.05) is 0 Å². The van der Waals surface area contributed by atoms with Crippen LogP contribution in [0.4, 0.5) is 0 Å². The first-order valence-corrected chi connectivity index (χ1v) is 9.93. The first-order chi connectivity index (χ1) is 15.6. The second kappa shape index (κ2) is 7.93. The number of ether oxygens (including phenoxy) is 5. The molecule has 0 aliphatic carbocycles. The summed E-state index contributed by atoms with van der Waals surface area (Å²) in [6, 6.07) is 2.52. The maximum Gasteiger partial charge on any atom is 0.342 e. The quantitative estimate of drug-likeness (QED) is 0.492. The predicted octanol–water partition coefficient (Wildman–Crippen LogP) is 2.09. The van der Waals surface area contributed by atoms with Crippen molar-refractivity contribution in [2.45, 2.75) is 38.3 Å². The lowest BCUT2D eigenvalue weighted by Crippen LogP contribution is -2.34. The second-order valence-electron chi connectivity index (χ2n) is 7.67. The van der Waals surface area contributed by atoms with E-state index in [1.165, 1.54) is 40.2 Å². The number of hydrogen-bond acceptors (Lipinski definition) is 11. The Hall–Kier alpha value is -3.86. The van der Waals surface area contributed by atoms with Crippen LogP contribution in [0.1, 0.15) is 57.9 Å². The summed E-state index contributed by atoms with van der Waals surface area (Å²) in [7, 11) is 2.45. The first kappa shape index (κ1) is 22.3. The molecular weight excluding hydrogens is 440 g/mol. The van der Waals surface area contributed by atoms with E-state index in [4.69, 9.17) is 23.7 Å². The minimum absolute atomic E-state index is 0.0631. The van der Waals surface area contributed by atoms with Crippen LogP contribution in [0.25, 0.3) is 0 Å². The number of phenols is 3. The lowest BCUT2D eigenvalue weighted by Gasteiger charge is -2.33. The van der Waals surface area contributed by atoms with Gasteiger partial charge in [0.05, 0.1) is 14.2 Å². The number of methoxy groups -OCH3 is 2. The Morgan fingerprint density at radius 2 is 1.36 bits per heavy atom. The molecule has 11 nitrogen and oxygen atoms in total. The molecule has 33 heavy (non-hydrogen) atoms. The normalized spacial score (nSPS) is 23.7. The van der Waals surface area contributed by atoms with Gasteiger partial charge in [-0.2, -0.15) is 0 Å². The zero-order chi connectivity index (χ0) is 24.2. The van der Waals surface area contributed by atoms with Crippen molar-refractivity contribution in [2.75, 3.05) is 14.2 Å². The molecule has 0 spiro atoms. The van der Waals surface area contributed by atoms with Crippen LogP contribution < -0.4 is 14.2 Å². The molecule has 2 aliphatic rings. The number of esters is 2. The Labute approximate surface area is 187 Å². The number of aliphatic hydroxyl groups excluding tert-OH is 1. The average Bonchev–Trinajstić information content (AvgIpc) is 2.74. The molecule has 2 aliphatic heterocycles. The summed E-state index contributed by atoms with van der Waals surface area (Å²) in [5.74, 6) is -3.94. The van der Waals surface area contributed by atoms with Crippen molar-refractivity contribution >= 4 is 11.9 Å². The molecule has 0 saturated carbocycles. The Kier molecular flexibility index (Phi) is 5.36. The molecule has 4 rings (SSSR count). The van der Waals surface area contributed by atoms with Gasteiger partial charge in [0.15, 0.2) is 29.1 Å². The molecule has 2 heterocycles. The molecule has 0 saturated heterocycles. The summed E-state index contributed by atoms with van der Waals surface area (Å²) in [4.78, 5) is 24.8. The molecule has 0 radical (unpaired) electrons. The van der Waals surface area contributed by atoms with E-state index in [2.05, 4.69) is 0 Å². The largest absolute Gasteiger partial charge is 0.504 e. The van der Waals surface area contributed by atoms with E-state index in [0.717, 1.165) is 0 Å². The van der Waals surface area contributed by atoms with Gasteiger partial charge < -0.3 is 44.1 Å². The number of phenolic OH excluding ortho intramolecular Hbond substituents is 3. The number of carbonyl (C=O) groups is 2. The van der Waals surface area contributed by atoms with Crippen molar-refractivity contribution in [1.29, 1.82) is 0 Å². The first-order valence-electron chi connectivity index (χ1n) is 9.93. The van der Waals surface area contributed by atoms with Crippen molar-refractivity contribution in [2.24, 2.45) is 0 Å². The standard InChI is InChI=1S/C22H22O11/c1-7-15(24)9-6-12(20(30-4)17(26)13(9)21(27)31-7)33-18-8(2)32-22(28)14-10(18)5-11(23)19(29-3)16(14)25/h5-8,15,18,23-26H,1-4H3/t7-,8+,15-,18-/m0/s1. The topological polar surface area (TPSA) is 161 Å². The summed E-state index contributed by atoms with van der Waals surface area (Å²) in [6.07, 6.45) is -4.09. The maximum absolute atomic E-state index is 12.5. The van der Waals surface area contributed by atoms with E-state index < -0.39 is 53.6 Å². The second-order valence-corrected chi connectivity index (χ2v) is 7.67. The number of aliphatic hydroxyl groups is 1. The van der Waals surface area contributed by atoms with Gasteiger partial charge in [-0.3, -0.25) is 0 Å². The lowest BCUT2D eigenvalue weighted by molar-refractivity contribution is -0.0231. The minimum atomic E-state index is -1.25. The molecule has 0 aromatic heterocycles. The van der Waals surface area contributed by atoms with Crippen molar-refractivity contribution in [3.8, 4) is 34.5 Å². The highest BCUT2D eigenvalue weighted by molar-refractivity contribution is 5.98. The maximum atomic E-state index is 12.5. The highest BCUT2D eigenvalue weighted by Crippen LogP contribution is 2.50. The Balaban J connectivity index is 1.87. The third-order valence-corrected chi connectivity index (χ3v) is 5.67. The van der Waals surface area contributed by atoms with Crippen molar-refractivity contribution in [3.63, 3.8) is 0 Å². The van der Waals surface area contributed by atoms with Crippen LogP contribution >= 0.6 is 0 Å². The van der Waals surface area contributed by atoms with Gasteiger partial charge in [0.25, 0.3) is 0 Å². The average molecular weight is 462 g/mol. The molecule has 4 N–H and O–H groups in total. The van der Waals surface area contributed by atoms with Gasteiger partial charge in [0.2, 0.25) is 11.5 Å². The van der Waals surface area contributed by atoms with Gasteiger partial charge in [-0.05, 0) is 26.0 Å². The molecule has 11 heteroatoms. The molecule has 0 amide bonds. The summed E-state index contributed by atoms with van der Waals surface area (Å²) >= 11 is 0. The van der Waals surface area contributed by atoms with Crippen molar-refractivity contribution in [3.05, 3.63) is 34.4 Å². The zero-order valence-electron chi connectivity index (χ0n) is 18.1. The molecular formula is C22H22O11. The SMILES string of the molecule is COc1c(O)cc2c(c1O)C(=O)O[C@H](C)[C@@H]2Oc1cc2c(c(O)c1OC)C(=O)O[C@@H](C)[C@@H]2O. The van der Waals surface area contributed by atoms with Crippen LogP contribution in [0.3, 0.4) is 0 Å². The van der Waals surface area contributed by atoms with Crippen LogP contribution in [0, 0.1) is 0 Å². The summed E-state index contributed by atoms with van der Waals surface area (Å²) in [6.45, 7) is 3.02. The molecule has 2 aromatic rings. The third-order valence-electron chi connectivity index (χ3n) is 5.67. The van der Waals surface area contributed by atoms with Gasteiger partial charge in [-0.1, -0.05) is 0 Å². The van der Waals surface area contributed by atoms with Gasteiger partial charge in [-0.15, -0.1) is 0 Å². The fraction of sp³-hybridized carbons (Fsp3) is 0.364. The van der Waals surface area contributed by atoms with Crippen LogP contribution in [-0.2, 0) is 9.47 Å². The number of aromatic hydroxyl groups is 3. The Morgan fingerprint density at radius 1 is 0.818 bits per heavy atom. The van der Waals surface area contributed by atoms with Crippen LogP contribution in [0.2, 0.25) is 0 Å². The van der Waals surface area contributed by atoms with E-state index >= 15 is 0 Å². The Morgan fingerprint density at radius 3 is 1.97 bits per heavy atom. The molecule has 0 bridgehead atoms. The van der Waals surface area contributed by atoms with Gasteiger partial charge >= 0.3 is 11.9 Å². The fourth-order valence-corrected chi connectivity index (χ4v) is 4.06. The highest BCUT2D eigenvalue weighted by atomic mass is 16.6. The highest BCUT2D eigenvalue weighted by Gasteiger charge is 2.41. The van der Waals surface area contributed by atoms with Crippen molar-refractivity contribution in [1.82, 2.24) is 0 Å². The lowest BCUT2D eigenvalue weighted by atomic mass is 9.93. The van der Waals surface area contributed by atoms with Gasteiger partial charge in [-0.25, -0.2) is 9.59 Å². The van der Waals surface area contributed by atoms with Crippen LogP contribution in [0.5, 0.6) is 34.5 Å². The van der Waals surface area contributed by atoms with Crippen LogP contribution in [0.15, 0.2) is 12.1 Å². The fourth-order valence-electron chi connectivity index (χ4n) is 4.06. The number of rotatable bonds is 4. The zero-order valence-corrected chi connectivity index (χ0v) is 18.1. The van der Waals surface area contributed by atoms with E-state index in [-0.39, 0.29) is 39.5 Å². The molecule has 2 aromatic carbocycles. The summed E-state index contributed by atoms with van der Waals surface area (Å²) in [5, 5.41) is 41.9. The number of fused-ring (bicyclic) bond motifs is 2. The number of cyclic esters (lactones) is 2. The van der Waals surface area contributed by atoms with E-state index in [9.17, 15) is 30.0 Å². The van der Waals surface area contributed by atoms with Crippen molar-refractivity contribution < 1.29 is 53.7 Å². The van der Waals surface area contributed by atoms with E-state index in [1.54, 1.807) is 0 Å². The molecule has 176 valence electrons. The van der Waals surface area contributed by atoms with Gasteiger partial charge in [0.1, 0.15) is 29.4 Å². The molecule has 0 fully saturated rings. The number of benzene rings is 2.